The van der Waals surface area contributed by atoms with E-state index in [-0.39, 0.29) is 25.5 Å². The zero-order chi connectivity index (χ0) is 26.0. The van der Waals surface area contributed by atoms with Gasteiger partial charge >= 0.3 is 12.1 Å². The van der Waals surface area contributed by atoms with Gasteiger partial charge in [0.25, 0.3) is 11.8 Å². The molecule has 1 aromatic carbocycles. The zero-order valence-corrected chi connectivity index (χ0v) is 20.6. The Morgan fingerprint density at radius 3 is 2.31 bits per heavy atom. The van der Waals surface area contributed by atoms with Crippen molar-refractivity contribution in [3.05, 3.63) is 35.9 Å². The molecule has 0 aromatic heterocycles. The average molecular weight is 502 g/mol. The van der Waals surface area contributed by atoms with E-state index in [0.29, 0.717) is 19.4 Å². The number of nitrogens with zero attached hydrogens (tertiary/aromatic N) is 3. The van der Waals surface area contributed by atoms with E-state index in [1.165, 1.54) is 9.96 Å². The van der Waals surface area contributed by atoms with Gasteiger partial charge < -0.3 is 9.64 Å². The molecule has 3 heterocycles. The Labute approximate surface area is 208 Å². The molecule has 12 heteroatoms. The minimum atomic E-state index is -1.10. The number of hydroxylamine groups is 2. The number of rotatable bonds is 5. The summed E-state index contributed by atoms with van der Waals surface area (Å²) in [5.74, 6) is -1.80. The highest BCUT2D eigenvalue weighted by Gasteiger charge is 2.48. The number of carbonyl (C=O) groups excluding carboxylic acids is 5. The highest BCUT2D eigenvalue weighted by Crippen LogP contribution is 2.30. The van der Waals surface area contributed by atoms with Gasteiger partial charge in [0.2, 0.25) is 5.91 Å². The number of carbonyl (C=O) groups is 5. The summed E-state index contributed by atoms with van der Waals surface area (Å²) < 4.78 is 5.23. The lowest BCUT2D eigenvalue weighted by atomic mass is 10.0. The number of amides is 6. The molecule has 0 radical (unpaired) electrons. The Morgan fingerprint density at radius 2 is 1.64 bits per heavy atom. The fourth-order valence-electron chi connectivity index (χ4n) is 4.55. The molecule has 3 aliphatic heterocycles. The molecule has 12 nitrogen and oxygen atoms in total. The van der Waals surface area contributed by atoms with Gasteiger partial charge in [-0.15, -0.1) is 0 Å². The molecule has 3 fully saturated rings. The van der Waals surface area contributed by atoms with Gasteiger partial charge in [-0.05, 0) is 45.6 Å². The standard InChI is InChI=1S/C24H31N5O7/c1-24(2,3)36-23(34)28-18(11-12-19(28)30)21(32)26-25-20(31)17-10-9-16-13-27(17)22(33)29(16)35-14-15-7-5-4-6-8-15/h4-8,16-18H,9-14H2,1-3H3,(H,25,31)(H,26,32)/t16-,17+,18+/m1/s1. The Bertz CT molecular complexity index is 1040. The van der Waals surface area contributed by atoms with E-state index in [9.17, 15) is 24.0 Å². The lowest BCUT2D eigenvalue weighted by Crippen LogP contribution is -2.57. The molecule has 1 aromatic rings. The molecule has 36 heavy (non-hydrogen) atoms. The SMILES string of the molecule is CC(C)(C)OC(=O)N1C(=O)CC[C@H]1C(=O)NNC(=O)[C@@H]1CC[C@@H]2CN1C(=O)N2OCc1ccccc1. The summed E-state index contributed by atoms with van der Waals surface area (Å²) in [7, 11) is 0. The molecule has 6 amide bonds. The molecule has 0 spiro atoms. The predicted molar refractivity (Wildman–Crippen MR) is 124 cm³/mol. The molecular formula is C24H31N5O7. The second-order valence-corrected chi connectivity index (χ2v) is 10.0. The minimum absolute atomic E-state index is 0.0103. The Hall–Kier alpha value is -3.67. The number of hydrogen-bond acceptors (Lipinski definition) is 7. The van der Waals surface area contributed by atoms with Crippen LogP contribution in [0, 0.1) is 0 Å². The van der Waals surface area contributed by atoms with Crippen LogP contribution < -0.4 is 10.9 Å². The van der Waals surface area contributed by atoms with Crippen molar-refractivity contribution >= 4 is 29.8 Å². The monoisotopic (exact) mass is 501 g/mol. The van der Waals surface area contributed by atoms with Gasteiger partial charge in [-0.3, -0.25) is 30.1 Å². The molecular weight excluding hydrogens is 470 g/mol. The van der Waals surface area contributed by atoms with Crippen molar-refractivity contribution in [2.75, 3.05) is 6.54 Å². The van der Waals surface area contributed by atoms with E-state index in [1.807, 2.05) is 30.3 Å². The fourth-order valence-corrected chi connectivity index (χ4v) is 4.55. The Morgan fingerprint density at radius 1 is 0.972 bits per heavy atom. The van der Waals surface area contributed by atoms with Crippen molar-refractivity contribution in [1.82, 2.24) is 25.7 Å². The van der Waals surface area contributed by atoms with Gasteiger partial charge in [0, 0.05) is 13.0 Å². The highest BCUT2D eigenvalue weighted by molar-refractivity contribution is 6.01. The maximum Gasteiger partial charge on any atom is 0.417 e. The van der Waals surface area contributed by atoms with Crippen LogP contribution in [0.25, 0.3) is 0 Å². The van der Waals surface area contributed by atoms with Gasteiger partial charge in [-0.25, -0.2) is 14.5 Å². The second-order valence-electron chi connectivity index (χ2n) is 10.0. The first kappa shape index (κ1) is 25.4. The topological polar surface area (TPSA) is 138 Å². The number of hydrazine groups is 1. The van der Waals surface area contributed by atoms with Crippen molar-refractivity contribution in [1.29, 1.82) is 0 Å². The molecule has 0 saturated carbocycles. The number of imide groups is 1. The van der Waals surface area contributed by atoms with E-state index in [1.54, 1.807) is 20.8 Å². The van der Waals surface area contributed by atoms with Crippen LogP contribution in [0.15, 0.2) is 30.3 Å². The van der Waals surface area contributed by atoms with Crippen LogP contribution in [0.1, 0.15) is 52.0 Å². The number of likely N-dealkylation sites (tertiary alicyclic amines) is 1. The van der Waals surface area contributed by atoms with Crippen LogP contribution in [0.3, 0.4) is 0 Å². The van der Waals surface area contributed by atoms with Gasteiger partial charge in [-0.1, -0.05) is 30.3 Å². The predicted octanol–water partition coefficient (Wildman–Crippen LogP) is 1.46. The molecule has 0 aliphatic carbocycles. The Balaban J connectivity index is 1.31. The quantitative estimate of drug-likeness (QED) is 0.583. The minimum Gasteiger partial charge on any atom is -0.443 e. The van der Waals surface area contributed by atoms with Crippen molar-refractivity contribution in [2.45, 2.75) is 76.8 Å². The normalized spacial score (nSPS) is 23.6. The van der Waals surface area contributed by atoms with Gasteiger partial charge in [0.1, 0.15) is 24.3 Å². The molecule has 194 valence electrons. The number of ether oxygens (including phenoxy) is 1. The van der Waals surface area contributed by atoms with Crippen LogP contribution in [0.2, 0.25) is 0 Å². The molecule has 2 N–H and O–H groups in total. The lowest BCUT2D eigenvalue weighted by Gasteiger charge is -2.30. The van der Waals surface area contributed by atoms with Crippen LogP contribution in [0.5, 0.6) is 0 Å². The third-order valence-corrected chi connectivity index (χ3v) is 6.25. The maximum atomic E-state index is 12.9. The molecule has 3 saturated heterocycles. The van der Waals surface area contributed by atoms with Gasteiger partial charge in [0.05, 0.1) is 6.04 Å². The van der Waals surface area contributed by atoms with E-state index in [4.69, 9.17) is 9.57 Å². The summed E-state index contributed by atoms with van der Waals surface area (Å²) in [6.45, 7) is 5.54. The number of fused-ring (bicyclic) bond motifs is 2. The smallest absolute Gasteiger partial charge is 0.417 e. The van der Waals surface area contributed by atoms with Gasteiger partial charge in [-0.2, -0.15) is 5.06 Å². The molecule has 0 unspecified atom stereocenters. The fraction of sp³-hybridized carbons (Fsp3) is 0.542. The molecule has 3 atom stereocenters. The summed E-state index contributed by atoms with van der Waals surface area (Å²) >= 11 is 0. The summed E-state index contributed by atoms with van der Waals surface area (Å²) in [6, 6.07) is 7.01. The third kappa shape index (κ3) is 5.43. The molecule has 2 bridgehead atoms. The first-order chi connectivity index (χ1) is 17.0. The third-order valence-electron chi connectivity index (χ3n) is 6.25. The number of benzene rings is 1. The van der Waals surface area contributed by atoms with Crippen LogP contribution in [-0.2, 0) is 30.6 Å². The van der Waals surface area contributed by atoms with E-state index >= 15 is 0 Å². The Kier molecular flexibility index (Phi) is 7.16. The van der Waals surface area contributed by atoms with Crippen LogP contribution in [-0.4, -0.2) is 75.0 Å². The summed E-state index contributed by atoms with van der Waals surface area (Å²) in [5.41, 5.74) is 4.73. The van der Waals surface area contributed by atoms with E-state index in [0.717, 1.165) is 10.5 Å². The van der Waals surface area contributed by atoms with Crippen molar-refractivity contribution in [3.63, 3.8) is 0 Å². The van der Waals surface area contributed by atoms with Crippen LogP contribution in [0.4, 0.5) is 9.59 Å². The zero-order valence-electron chi connectivity index (χ0n) is 20.6. The molecule has 3 aliphatic rings. The maximum absolute atomic E-state index is 12.9. The number of hydrogen-bond donors (Lipinski definition) is 2. The summed E-state index contributed by atoms with van der Waals surface area (Å²) in [5, 5.41) is 1.32. The van der Waals surface area contributed by atoms with Crippen molar-refractivity contribution < 1.29 is 33.5 Å². The molecule has 4 rings (SSSR count). The summed E-state index contributed by atoms with van der Waals surface area (Å²) in [6.07, 6.45) is 0.176. The lowest BCUT2D eigenvalue weighted by molar-refractivity contribution is -0.140. The number of piperidine rings is 1. The second kappa shape index (κ2) is 10.1. The van der Waals surface area contributed by atoms with E-state index in [2.05, 4.69) is 10.9 Å². The largest absolute Gasteiger partial charge is 0.443 e. The van der Waals surface area contributed by atoms with E-state index < -0.39 is 47.5 Å². The number of nitrogens with one attached hydrogen (secondary N) is 2. The first-order valence-corrected chi connectivity index (χ1v) is 12.0. The first-order valence-electron chi connectivity index (χ1n) is 12.0. The number of urea groups is 1. The van der Waals surface area contributed by atoms with Crippen LogP contribution >= 0.6 is 0 Å². The van der Waals surface area contributed by atoms with Gasteiger partial charge in [0.15, 0.2) is 0 Å². The van der Waals surface area contributed by atoms with Crippen molar-refractivity contribution in [2.24, 2.45) is 0 Å². The van der Waals surface area contributed by atoms with Crippen molar-refractivity contribution in [3.8, 4) is 0 Å². The highest BCUT2D eigenvalue weighted by atomic mass is 16.7. The summed E-state index contributed by atoms with van der Waals surface area (Å²) in [4.78, 5) is 71.0. The average Bonchev–Trinajstić information content (AvgIpc) is 3.33.